The first-order valence-electron chi connectivity index (χ1n) is 9.05. The third-order valence-corrected chi connectivity index (χ3v) is 4.53. The van der Waals surface area contributed by atoms with Crippen molar-refractivity contribution in [3.05, 3.63) is 59.7 Å². The van der Waals surface area contributed by atoms with E-state index >= 15 is 0 Å². The van der Waals surface area contributed by atoms with Crippen LogP contribution in [-0.4, -0.2) is 43.6 Å². The minimum Gasteiger partial charge on any atom is -0.375 e. The monoisotopic (exact) mass is 378 g/mol. The van der Waals surface area contributed by atoms with E-state index in [9.17, 15) is 14.9 Å². The second-order valence-electron chi connectivity index (χ2n) is 6.51. The van der Waals surface area contributed by atoms with Gasteiger partial charge in [0.25, 0.3) is 0 Å². The van der Waals surface area contributed by atoms with Gasteiger partial charge in [-0.05, 0) is 36.2 Å². The van der Waals surface area contributed by atoms with Crippen LogP contribution < -0.4 is 10.2 Å². The number of nitriles is 1. The Kier molecular flexibility index (Phi) is 6.25. The molecule has 1 N–H and O–H groups in total. The van der Waals surface area contributed by atoms with E-state index in [2.05, 4.69) is 11.4 Å². The van der Waals surface area contributed by atoms with E-state index in [1.54, 1.807) is 34.1 Å². The van der Waals surface area contributed by atoms with Crippen LogP contribution in [0, 0.1) is 11.3 Å². The van der Waals surface area contributed by atoms with Crippen LogP contribution in [0.15, 0.2) is 48.5 Å². The number of benzene rings is 2. The quantitative estimate of drug-likeness (QED) is 0.837. The lowest BCUT2D eigenvalue weighted by Gasteiger charge is -2.36. The molecule has 0 bridgehead atoms. The van der Waals surface area contributed by atoms with Gasteiger partial charge in [0, 0.05) is 38.1 Å². The lowest BCUT2D eigenvalue weighted by atomic mass is 10.1. The van der Waals surface area contributed by atoms with E-state index in [-0.39, 0.29) is 18.5 Å². The van der Waals surface area contributed by atoms with Crippen molar-refractivity contribution in [1.82, 2.24) is 4.90 Å². The first kappa shape index (κ1) is 19.4. The summed E-state index contributed by atoms with van der Waals surface area (Å²) in [4.78, 5) is 28.2. The highest BCUT2D eigenvalue weighted by atomic mass is 16.5. The Morgan fingerprint density at radius 1 is 1.21 bits per heavy atom. The summed E-state index contributed by atoms with van der Waals surface area (Å²) in [7, 11) is 1.46. The van der Waals surface area contributed by atoms with Crippen molar-refractivity contribution in [2.45, 2.75) is 13.0 Å². The van der Waals surface area contributed by atoms with Crippen LogP contribution in [0.5, 0.6) is 0 Å². The molecule has 3 amide bonds. The molecule has 0 unspecified atom stereocenters. The topological polar surface area (TPSA) is 85.7 Å². The second kappa shape index (κ2) is 9.02. The fourth-order valence-corrected chi connectivity index (χ4v) is 3.22. The average molecular weight is 378 g/mol. The van der Waals surface area contributed by atoms with Crippen LogP contribution >= 0.6 is 0 Å². The summed E-state index contributed by atoms with van der Waals surface area (Å²) < 4.78 is 4.82. The van der Waals surface area contributed by atoms with Crippen LogP contribution in [0.3, 0.4) is 0 Å². The van der Waals surface area contributed by atoms with E-state index in [0.29, 0.717) is 30.9 Å². The maximum absolute atomic E-state index is 13.0. The van der Waals surface area contributed by atoms with E-state index in [1.807, 2.05) is 24.3 Å². The zero-order valence-electron chi connectivity index (χ0n) is 15.7. The molecule has 0 saturated carbocycles. The van der Waals surface area contributed by atoms with E-state index in [4.69, 9.17) is 4.74 Å². The van der Waals surface area contributed by atoms with Crippen molar-refractivity contribution in [2.24, 2.45) is 0 Å². The molecule has 1 heterocycles. The fraction of sp³-hybridized carbons (Fsp3) is 0.286. The number of hydrogen-bond donors (Lipinski definition) is 1. The second-order valence-corrected chi connectivity index (χ2v) is 6.51. The number of urea groups is 1. The van der Waals surface area contributed by atoms with Gasteiger partial charge in [-0.15, -0.1) is 0 Å². The first-order chi connectivity index (χ1) is 13.6. The van der Waals surface area contributed by atoms with Gasteiger partial charge in [-0.1, -0.05) is 24.3 Å². The third-order valence-electron chi connectivity index (χ3n) is 4.53. The number of methoxy groups -OCH3 is 1. The van der Waals surface area contributed by atoms with Gasteiger partial charge in [-0.25, -0.2) is 4.79 Å². The number of anilines is 2. The van der Waals surface area contributed by atoms with Gasteiger partial charge >= 0.3 is 6.03 Å². The lowest BCUT2D eigenvalue weighted by molar-refractivity contribution is -0.119. The molecule has 0 spiro atoms. The maximum Gasteiger partial charge on any atom is 0.324 e. The summed E-state index contributed by atoms with van der Waals surface area (Å²) in [6, 6.07) is 16.6. The standard InChI is InChI=1S/C21H22N4O3/c1-28-15-20(26)23-18-8-4-9-19(12-18)25-11-5-10-24(21(25)27)14-17-7-3-2-6-16(17)13-22/h2-4,6-9,12H,5,10-11,14-15H2,1H3,(H,23,26). The Labute approximate surface area is 164 Å². The maximum atomic E-state index is 13.0. The largest absolute Gasteiger partial charge is 0.375 e. The van der Waals surface area contributed by atoms with E-state index < -0.39 is 0 Å². The SMILES string of the molecule is COCC(=O)Nc1cccc(N2CCCN(Cc3ccccc3C#N)C2=O)c1. The van der Waals surface area contributed by atoms with Crippen LogP contribution in [-0.2, 0) is 16.1 Å². The molecule has 3 rings (SSSR count). The predicted octanol–water partition coefficient (Wildman–Crippen LogP) is 2.98. The number of nitrogens with zero attached hydrogens (tertiary/aromatic N) is 3. The summed E-state index contributed by atoms with van der Waals surface area (Å²) in [6.07, 6.45) is 0.820. The number of nitrogens with one attached hydrogen (secondary N) is 1. The van der Waals surface area contributed by atoms with E-state index in [0.717, 1.165) is 17.7 Å². The summed E-state index contributed by atoms with van der Waals surface area (Å²) in [5, 5.41) is 12.0. The Hall–Kier alpha value is -3.37. The van der Waals surface area contributed by atoms with Crippen molar-refractivity contribution in [1.29, 1.82) is 5.26 Å². The smallest absolute Gasteiger partial charge is 0.324 e. The van der Waals surface area contributed by atoms with Gasteiger partial charge in [0.1, 0.15) is 6.61 Å². The Bertz CT molecular complexity index is 907. The number of carbonyl (C=O) groups excluding carboxylic acids is 2. The fourth-order valence-electron chi connectivity index (χ4n) is 3.22. The van der Waals surface area contributed by atoms with Gasteiger partial charge in [0.2, 0.25) is 5.91 Å². The minimum atomic E-state index is -0.251. The van der Waals surface area contributed by atoms with Gasteiger partial charge in [-0.2, -0.15) is 5.26 Å². The molecule has 0 aromatic heterocycles. The number of carbonyl (C=O) groups is 2. The molecule has 0 aliphatic carbocycles. The normalized spacial score (nSPS) is 13.9. The minimum absolute atomic E-state index is 0.0288. The molecule has 0 radical (unpaired) electrons. The van der Waals surface area contributed by atoms with Crippen molar-refractivity contribution < 1.29 is 14.3 Å². The number of rotatable bonds is 6. The van der Waals surface area contributed by atoms with Crippen LogP contribution in [0.25, 0.3) is 0 Å². The first-order valence-corrected chi connectivity index (χ1v) is 9.05. The molecule has 7 nitrogen and oxygen atoms in total. The molecular formula is C21H22N4O3. The number of ether oxygens (including phenoxy) is 1. The van der Waals surface area contributed by atoms with Gasteiger partial charge in [0.05, 0.1) is 11.6 Å². The Morgan fingerprint density at radius 3 is 2.82 bits per heavy atom. The van der Waals surface area contributed by atoms with Crippen LogP contribution in [0.2, 0.25) is 0 Å². The summed E-state index contributed by atoms with van der Waals surface area (Å²) in [6.45, 7) is 1.60. The van der Waals surface area contributed by atoms with Gasteiger partial charge < -0.3 is 15.0 Å². The van der Waals surface area contributed by atoms with Crippen LogP contribution in [0.4, 0.5) is 16.2 Å². The summed E-state index contributed by atoms with van der Waals surface area (Å²) in [5.74, 6) is -0.251. The third kappa shape index (κ3) is 4.48. The molecule has 1 fully saturated rings. The highest BCUT2D eigenvalue weighted by Gasteiger charge is 2.27. The molecular weight excluding hydrogens is 356 g/mol. The van der Waals surface area contributed by atoms with Crippen molar-refractivity contribution in [3.63, 3.8) is 0 Å². The molecule has 0 atom stereocenters. The van der Waals surface area contributed by atoms with Crippen LogP contribution in [0.1, 0.15) is 17.5 Å². The lowest BCUT2D eigenvalue weighted by Crippen LogP contribution is -2.49. The number of amides is 3. The zero-order chi connectivity index (χ0) is 19.9. The predicted molar refractivity (Wildman–Crippen MR) is 106 cm³/mol. The van der Waals surface area contributed by atoms with Gasteiger partial charge in [-0.3, -0.25) is 9.69 Å². The molecule has 2 aromatic rings. The van der Waals surface area contributed by atoms with Crippen molar-refractivity contribution in [3.8, 4) is 6.07 Å². The Morgan fingerprint density at radius 2 is 2.04 bits per heavy atom. The zero-order valence-corrected chi connectivity index (χ0v) is 15.7. The molecule has 144 valence electrons. The highest BCUT2D eigenvalue weighted by Crippen LogP contribution is 2.24. The molecule has 1 saturated heterocycles. The molecule has 28 heavy (non-hydrogen) atoms. The van der Waals surface area contributed by atoms with E-state index in [1.165, 1.54) is 7.11 Å². The molecule has 2 aromatic carbocycles. The Balaban J connectivity index is 1.75. The van der Waals surface area contributed by atoms with Gasteiger partial charge in [0.15, 0.2) is 0 Å². The molecule has 1 aliphatic rings. The number of hydrogen-bond acceptors (Lipinski definition) is 4. The molecule has 7 heteroatoms. The van der Waals surface area contributed by atoms with Crippen molar-refractivity contribution in [2.75, 3.05) is 37.0 Å². The highest BCUT2D eigenvalue weighted by molar-refractivity contribution is 5.95. The summed E-state index contributed by atoms with van der Waals surface area (Å²) >= 11 is 0. The van der Waals surface area contributed by atoms with Crippen molar-refractivity contribution >= 4 is 23.3 Å². The average Bonchev–Trinajstić information content (AvgIpc) is 2.70. The molecule has 1 aliphatic heterocycles. The summed E-state index contributed by atoms with van der Waals surface area (Å²) in [5.41, 5.74) is 2.74.